The molecule has 2 atom stereocenters. The molecule has 0 saturated carbocycles. The maximum absolute atomic E-state index is 12.4. The molecule has 6 nitrogen and oxygen atoms in total. The second kappa shape index (κ2) is 9.01. The third kappa shape index (κ3) is 5.61. The molecule has 1 aliphatic rings. The van der Waals surface area contributed by atoms with Crippen LogP contribution in [0, 0.1) is 5.92 Å². The first kappa shape index (κ1) is 17.9. The van der Waals surface area contributed by atoms with Gasteiger partial charge in [0.05, 0.1) is 12.5 Å². The second-order valence-electron chi connectivity index (χ2n) is 6.63. The minimum atomic E-state index is 0.0705. The van der Waals surface area contributed by atoms with E-state index >= 15 is 0 Å². The summed E-state index contributed by atoms with van der Waals surface area (Å²) >= 11 is 0. The van der Waals surface area contributed by atoms with Gasteiger partial charge in [0, 0.05) is 19.0 Å². The van der Waals surface area contributed by atoms with Crippen LogP contribution in [0.1, 0.15) is 64.6 Å². The van der Waals surface area contributed by atoms with Crippen LogP contribution in [-0.4, -0.2) is 40.1 Å². The monoisotopic (exact) mass is 322 g/mol. The predicted molar refractivity (Wildman–Crippen MR) is 88.8 cm³/mol. The number of carbonyl (C=O) groups excluding carboxylic acids is 1. The Morgan fingerprint density at radius 2 is 2.26 bits per heavy atom. The van der Waals surface area contributed by atoms with Crippen LogP contribution in [0.5, 0.6) is 0 Å². The Labute approximate surface area is 139 Å². The second-order valence-corrected chi connectivity index (χ2v) is 6.63. The Morgan fingerprint density at radius 1 is 1.43 bits per heavy atom. The van der Waals surface area contributed by atoms with E-state index < -0.39 is 0 Å². The third-order valence-corrected chi connectivity index (χ3v) is 4.33. The first-order chi connectivity index (χ1) is 11.1. The summed E-state index contributed by atoms with van der Waals surface area (Å²) in [6.07, 6.45) is 5.99. The molecule has 1 aliphatic heterocycles. The van der Waals surface area contributed by atoms with E-state index in [1.54, 1.807) is 0 Å². The number of piperidine rings is 1. The van der Waals surface area contributed by atoms with Gasteiger partial charge < -0.3 is 9.84 Å². The van der Waals surface area contributed by atoms with Crippen molar-refractivity contribution in [2.75, 3.05) is 13.1 Å². The van der Waals surface area contributed by atoms with Gasteiger partial charge in [-0.15, -0.1) is 0 Å². The number of hydrogen-bond donors (Lipinski definition) is 1. The van der Waals surface area contributed by atoms with Gasteiger partial charge >= 0.3 is 0 Å². The molecular weight excluding hydrogens is 292 g/mol. The van der Waals surface area contributed by atoms with Crippen molar-refractivity contribution in [1.29, 1.82) is 0 Å². The van der Waals surface area contributed by atoms with Crippen molar-refractivity contribution >= 4 is 5.91 Å². The van der Waals surface area contributed by atoms with Gasteiger partial charge in [0.1, 0.15) is 0 Å². The first-order valence-electron chi connectivity index (χ1n) is 8.96. The standard InChI is InChI=1S/C17H30N4O2/c1-4-7-13(3)18-17(22)14-9-6-10-21(11-14)12-16-19-15(8-5-2)20-23-16/h13-14H,4-12H2,1-3H3,(H,18,22)/t13-,14-/m0/s1. The van der Waals surface area contributed by atoms with E-state index in [4.69, 9.17) is 4.52 Å². The number of carbonyl (C=O) groups is 1. The maximum atomic E-state index is 12.4. The predicted octanol–water partition coefficient (Wildman–Crippen LogP) is 2.54. The molecular formula is C17H30N4O2. The fourth-order valence-electron chi connectivity index (χ4n) is 3.15. The smallest absolute Gasteiger partial charge is 0.240 e. The number of likely N-dealkylation sites (tertiary alicyclic amines) is 1. The van der Waals surface area contributed by atoms with Gasteiger partial charge in [0.2, 0.25) is 11.8 Å². The quantitative estimate of drug-likeness (QED) is 0.796. The molecule has 0 aliphatic carbocycles. The SMILES string of the molecule is CCCc1noc(CN2CCC[C@H](C(=O)N[C@@H](C)CCC)C2)n1. The zero-order chi connectivity index (χ0) is 16.7. The molecule has 2 rings (SSSR count). The minimum absolute atomic E-state index is 0.0705. The summed E-state index contributed by atoms with van der Waals surface area (Å²) in [5.41, 5.74) is 0. The fourth-order valence-corrected chi connectivity index (χ4v) is 3.15. The summed E-state index contributed by atoms with van der Waals surface area (Å²) < 4.78 is 5.31. The molecule has 1 saturated heterocycles. The van der Waals surface area contributed by atoms with Crippen LogP contribution in [0.4, 0.5) is 0 Å². The van der Waals surface area contributed by atoms with Gasteiger partial charge in [-0.1, -0.05) is 25.4 Å². The van der Waals surface area contributed by atoms with E-state index in [0.29, 0.717) is 12.4 Å². The molecule has 130 valence electrons. The highest BCUT2D eigenvalue weighted by atomic mass is 16.5. The van der Waals surface area contributed by atoms with E-state index in [1.807, 2.05) is 0 Å². The van der Waals surface area contributed by atoms with Crippen molar-refractivity contribution in [2.24, 2.45) is 5.92 Å². The van der Waals surface area contributed by atoms with E-state index in [2.05, 4.69) is 41.1 Å². The Kier molecular flexibility index (Phi) is 7.02. The van der Waals surface area contributed by atoms with E-state index in [9.17, 15) is 4.79 Å². The highest BCUT2D eigenvalue weighted by Crippen LogP contribution is 2.19. The van der Waals surface area contributed by atoms with Crippen molar-refractivity contribution in [3.63, 3.8) is 0 Å². The van der Waals surface area contributed by atoms with E-state index in [1.165, 1.54) is 0 Å². The number of aromatic nitrogens is 2. The lowest BCUT2D eigenvalue weighted by atomic mass is 9.96. The topological polar surface area (TPSA) is 71.3 Å². The molecule has 0 aromatic carbocycles. The number of hydrogen-bond acceptors (Lipinski definition) is 5. The average Bonchev–Trinajstić information content (AvgIpc) is 2.95. The van der Waals surface area contributed by atoms with Crippen LogP contribution in [0.15, 0.2) is 4.52 Å². The maximum Gasteiger partial charge on any atom is 0.240 e. The fraction of sp³-hybridized carbons (Fsp3) is 0.824. The van der Waals surface area contributed by atoms with Crippen LogP contribution in [0.3, 0.4) is 0 Å². The van der Waals surface area contributed by atoms with Gasteiger partial charge in [0.15, 0.2) is 5.82 Å². The molecule has 0 unspecified atom stereocenters. The van der Waals surface area contributed by atoms with E-state index in [-0.39, 0.29) is 17.9 Å². The van der Waals surface area contributed by atoms with Crippen molar-refractivity contribution in [2.45, 2.75) is 71.9 Å². The van der Waals surface area contributed by atoms with Gasteiger partial charge in [-0.25, -0.2) is 0 Å². The summed E-state index contributed by atoms with van der Waals surface area (Å²) in [6, 6.07) is 0.260. The van der Waals surface area contributed by atoms with Gasteiger partial charge in [0.25, 0.3) is 0 Å². The Balaban J connectivity index is 1.83. The lowest BCUT2D eigenvalue weighted by Crippen LogP contribution is -2.45. The molecule has 0 radical (unpaired) electrons. The molecule has 0 spiro atoms. The number of nitrogens with one attached hydrogen (secondary N) is 1. The van der Waals surface area contributed by atoms with Crippen LogP contribution >= 0.6 is 0 Å². The molecule has 6 heteroatoms. The Hall–Kier alpha value is -1.43. The van der Waals surface area contributed by atoms with Crippen molar-refractivity contribution in [3.05, 3.63) is 11.7 Å². The number of rotatable bonds is 8. The highest BCUT2D eigenvalue weighted by Gasteiger charge is 2.27. The summed E-state index contributed by atoms with van der Waals surface area (Å²) in [7, 11) is 0. The van der Waals surface area contributed by atoms with Gasteiger partial charge in [-0.2, -0.15) is 4.98 Å². The summed E-state index contributed by atoms with van der Waals surface area (Å²) in [5.74, 6) is 1.70. The highest BCUT2D eigenvalue weighted by molar-refractivity contribution is 5.79. The average molecular weight is 322 g/mol. The summed E-state index contributed by atoms with van der Waals surface area (Å²) in [4.78, 5) is 19.0. The van der Waals surface area contributed by atoms with Crippen molar-refractivity contribution in [3.8, 4) is 0 Å². The third-order valence-electron chi connectivity index (χ3n) is 4.33. The zero-order valence-electron chi connectivity index (χ0n) is 14.7. The van der Waals surface area contributed by atoms with Crippen LogP contribution in [0.2, 0.25) is 0 Å². The molecule has 0 bridgehead atoms. The number of nitrogens with zero attached hydrogens (tertiary/aromatic N) is 3. The molecule has 1 fully saturated rings. The van der Waals surface area contributed by atoms with Gasteiger partial charge in [-0.3, -0.25) is 9.69 Å². The normalized spacial score (nSPS) is 20.4. The molecule has 1 aromatic rings. The minimum Gasteiger partial charge on any atom is -0.353 e. The molecule has 1 N–H and O–H groups in total. The van der Waals surface area contributed by atoms with Crippen LogP contribution in [0.25, 0.3) is 0 Å². The van der Waals surface area contributed by atoms with Gasteiger partial charge in [-0.05, 0) is 39.2 Å². The summed E-state index contributed by atoms with van der Waals surface area (Å²) in [5, 5.41) is 7.13. The van der Waals surface area contributed by atoms with Crippen molar-refractivity contribution in [1.82, 2.24) is 20.4 Å². The lowest BCUT2D eigenvalue weighted by Gasteiger charge is -2.31. The largest absolute Gasteiger partial charge is 0.353 e. The molecule has 23 heavy (non-hydrogen) atoms. The van der Waals surface area contributed by atoms with Crippen molar-refractivity contribution < 1.29 is 9.32 Å². The Morgan fingerprint density at radius 3 is 3.00 bits per heavy atom. The van der Waals surface area contributed by atoms with Crippen LogP contribution in [-0.2, 0) is 17.8 Å². The lowest BCUT2D eigenvalue weighted by molar-refractivity contribution is -0.127. The zero-order valence-corrected chi connectivity index (χ0v) is 14.7. The number of amides is 1. The van der Waals surface area contributed by atoms with Crippen LogP contribution < -0.4 is 5.32 Å². The van der Waals surface area contributed by atoms with E-state index in [0.717, 1.165) is 57.4 Å². The molecule has 2 heterocycles. The Bertz CT molecular complexity index is 489. The number of aryl methyl sites for hydroxylation is 1. The summed E-state index contributed by atoms with van der Waals surface area (Å²) in [6.45, 7) is 8.72. The molecule has 1 amide bonds. The first-order valence-corrected chi connectivity index (χ1v) is 8.96. The molecule has 1 aromatic heterocycles.